The summed E-state index contributed by atoms with van der Waals surface area (Å²) < 4.78 is 2.68. The van der Waals surface area contributed by atoms with Crippen LogP contribution in [-0.2, 0) is 0 Å². The number of nitrogen functional groups attached to an aromatic ring is 1. The smallest absolute Gasteiger partial charge is 0.159 e. The van der Waals surface area contributed by atoms with Crippen LogP contribution in [0.1, 0.15) is 19.4 Å². The standard InChI is InChI=1S/C8H12BrN3/c1-3-4-6(2)12-5-7(9)8(10)11-12/h3,5-6H,1,4H2,2H3,(H2,10,11). The van der Waals surface area contributed by atoms with Crippen LogP contribution >= 0.6 is 15.9 Å². The first-order chi connectivity index (χ1) is 5.65. The first-order valence-electron chi connectivity index (χ1n) is 3.76. The first-order valence-corrected chi connectivity index (χ1v) is 4.55. The Morgan fingerprint density at radius 2 is 2.58 bits per heavy atom. The number of halogens is 1. The molecule has 0 spiro atoms. The number of aromatic nitrogens is 2. The molecule has 0 aromatic carbocycles. The SMILES string of the molecule is C=CCC(C)n1cc(Br)c(N)n1. The third-order valence-corrected chi connectivity index (χ3v) is 2.28. The van der Waals surface area contributed by atoms with E-state index >= 15 is 0 Å². The van der Waals surface area contributed by atoms with Crippen LogP contribution in [0, 0.1) is 0 Å². The molecular weight excluding hydrogens is 218 g/mol. The number of nitrogens with zero attached hydrogens (tertiary/aromatic N) is 2. The summed E-state index contributed by atoms with van der Waals surface area (Å²) in [5.41, 5.74) is 5.57. The molecule has 0 aliphatic heterocycles. The van der Waals surface area contributed by atoms with E-state index in [9.17, 15) is 0 Å². The van der Waals surface area contributed by atoms with E-state index in [0.717, 1.165) is 10.9 Å². The molecule has 1 rings (SSSR count). The summed E-state index contributed by atoms with van der Waals surface area (Å²) in [6.07, 6.45) is 4.65. The zero-order valence-corrected chi connectivity index (χ0v) is 8.58. The molecule has 0 saturated heterocycles. The molecule has 1 unspecified atom stereocenters. The molecule has 0 aliphatic carbocycles. The number of anilines is 1. The molecule has 2 N–H and O–H groups in total. The number of hydrogen-bond acceptors (Lipinski definition) is 2. The van der Waals surface area contributed by atoms with Crippen molar-refractivity contribution in [2.75, 3.05) is 5.73 Å². The normalized spacial score (nSPS) is 12.8. The lowest BCUT2D eigenvalue weighted by Gasteiger charge is -2.07. The maximum atomic E-state index is 5.57. The van der Waals surface area contributed by atoms with Crippen molar-refractivity contribution in [2.24, 2.45) is 0 Å². The van der Waals surface area contributed by atoms with Gasteiger partial charge in [0.1, 0.15) is 0 Å². The highest BCUT2D eigenvalue weighted by atomic mass is 79.9. The molecule has 0 bridgehead atoms. The maximum absolute atomic E-state index is 5.57. The van der Waals surface area contributed by atoms with E-state index in [-0.39, 0.29) is 0 Å². The fourth-order valence-corrected chi connectivity index (χ4v) is 1.25. The van der Waals surface area contributed by atoms with Crippen molar-refractivity contribution in [1.82, 2.24) is 9.78 Å². The Labute approximate surface area is 80.4 Å². The van der Waals surface area contributed by atoms with Gasteiger partial charge in [-0.25, -0.2) is 0 Å². The van der Waals surface area contributed by atoms with Crippen LogP contribution in [0.5, 0.6) is 0 Å². The molecule has 1 aromatic heterocycles. The molecule has 66 valence electrons. The summed E-state index contributed by atoms with van der Waals surface area (Å²) in [7, 11) is 0. The summed E-state index contributed by atoms with van der Waals surface area (Å²) in [5, 5.41) is 4.13. The largest absolute Gasteiger partial charge is 0.381 e. The molecule has 1 atom stereocenters. The zero-order valence-electron chi connectivity index (χ0n) is 7.00. The first kappa shape index (κ1) is 9.32. The van der Waals surface area contributed by atoms with Gasteiger partial charge >= 0.3 is 0 Å². The lowest BCUT2D eigenvalue weighted by Crippen LogP contribution is -2.04. The van der Waals surface area contributed by atoms with Gasteiger partial charge in [-0.1, -0.05) is 6.08 Å². The molecule has 0 saturated carbocycles. The van der Waals surface area contributed by atoms with Crippen LogP contribution < -0.4 is 5.73 Å². The summed E-state index contributed by atoms with van der Waals surface area (Å²) in [6, 6.07) is 0.316. The predicted octanol–water partition coefficient (Wildman–Crippen LogP) is 2.36. The van der Waals surface area contributed by atoms with Gasteiger partial charge in [0.05, 0.1) is 10.5 Å². The number of rotatable bonds is 3. The molecule has 4 heteroatoms. The molecule has 0 fully saturated rings. The van der Waals surface area contributed by atoms with E-state index in [2.05, 4.69) is 34.5 Å². The molecule has 0 radical (unpaired) electrons. The number of allylic oxidation sites excluding steroid dienone is 1. The molecular formula is C8H12BrN3. The van der Waals surface area contributed by atoms with Crippen molar-refractivity contribution in [3.63, 3.8) is 0 Å². The third-order valence-electron chi connectivity index (χ3n) is 1.67. The van der Waals surface area contributed by atoms with Crippen LogP contribution in [0.25, 0.3) is 0 Å². The predicted molar refractivity (Wildman–Crippen MR) is 53.9 cm³/mol. The van der Waals surface area contributed by atoms with E-state index in [4.69, 9.17) is 5.73 Å². The Balaban J connectivity index is 2.80. The Hall–Kier alpha value is -0.770. The van der Waals surface area contributed by atoms with Crippen LogP contribution in [-0.4, -0.2) is 9.78 Å². The average Bonchev–Trinajstić information content (AvgIpc) is 2.33. The fraction of sp³-hybridized carbons (Fsp3) is 0.375. The van der Waals surface area contributed by atoms with Gasteiger partial charge in [0.15, 0.2) is 5.82 Å². The fourth-order valence-electron chi connectivity index (χ4n) is 0.958. The summed E-state index contributed by atoms with van der Waals surface area (Å²) >= 11 is 3.30. The second-order valence-electron chi connectivity index (χ2n) is 2.72. The minimum absolute atomic E-state index is 0.316. The van der Waals surface area contributed by atoms with E-state index in [1.165, 1.54) is 0 Å². The molecule has 12 heavy (non-hydrogen) atoms. The zero-order chi connectivity index (χ0) is 9.14. The summed E-state index contributed by atoms with van der Waals surface area (Å²) in [6.45, 7) is 5.74. The molecule has 1 aromatic rings. The van der Waals surface area contributed by atoms with Crippen LogP contribution in [0.2, 0.25) is 0 Å². The quantitative estimate of drug-likeness (QED) is 0.810. The molecule has 0 aliphatic rings. The van der Waals surface area contributed by atoms with Crippen molar-refractivity contribution in [2.45, 2.75) is 19.4 Å². The van der Waals surface area contributed by atoms with Crippen LogP contribution in [0.15, 0.2) is 23.3 Å². The highest BCUT2D eigenvalue weighted by Gasteiger charge is 2.06. The van der Waals surface area contributed by atoms with Gasteiger partial charge in [-0.2, -0.15) is 5.10 Å². The van der Waals surface area contributed by atoms with Gasteiger partial charge in [-0.15, -0.1) is 6.58 Å². The minimum Gasteiger partial charge on any atom is -0.381 e. The van der Waals surface area contributed by atoms with Gasteiger partial charge in [-0.3, -0.25) is 4.68 Å². The van der Waals surface area contributed by atoms with Crippen molar-refractivity contribution < 1.29 is 0 Å². The van der Waals surface area contributed by atoms with E-state index < -0.39 is 0 Å². The number of hydrogen-bond donors (Lipinski definition) is 1. The average molecular weight is 230 g/mol. The second kappa shape index (κ2) is 3.76. The van der Waals surface area contributed by atoms with Crippen molar-refractivity contribution >= 4 is 21.7 Å². The lowest BCUT2D eigenvalue weighted by molar-refractivity contribution is 0.498. The van der Waals surface area contributed by atoms with Gasteiger partial charge in [0.2, 0.25) is 0 Å². The van der Waals surface area contributed by atoms with Crippen LogP contribution in [0.3, 0.4) is 0 Å². The van der Waals surface area contributed by atoms with Crippen molar-refractivity contribution in [1.29, 1.82) is 0 Å². The third kappa shape index (κ3) is 1.88. The van der Waals surface area contributed by atoms with Gasteiger partial charge < -0.3 is 5.73 Å². The van der Waals surface area contributed by atoms with Crippen molar-refractivity contribution in [3.8, 4) is 0 Å². The Bertz CT molecular complexity index is 260. The lowest BCUT2D eigenvalue weighted by atomic mass is 10.2. The highest BCUT2D eigenvalue weighted by Crippen LogP contribution is 2.20. The topological polar surface area (TPSA) is 43.8 Å². The second-order valence-corrected chi connectivity index (χ2v) is 3.57. The molecule has 3 nitrogen and oxygen atoms in total. The highest BCUT2D eigenvalue weighted by molar-refractivity contribution is 9.10. The Morgan fingerprint density at radius 3 is 3.00 bits per heavy atom. The summed E-state index contributed by atoms with van der Waals surface area (Å²) in [4.78, 5) is 0. The van der Waals surface area contributed by atoms with E-state index in [0.29, 0.717) is 11.9 Å². The monoisotopic (exact) mass is 229 g/mol. The van der Waals surface area contributed by atoms with Crippen LogP contribution in [0.4, 0.5) is 5.82 Å². The number of nitrogens with two attached hydrogens (primary N) is 1. The van der Waals surface area contributed by atoms with E-state index in [1.807, 2.05) is 17.0 Å². The molecule has 1 heterocycles. The minimum atomic E-state index is 0.316. The maximum Gasteiger partial charge on any atom is 0.159 e. The van der Waals surface area contributed by atoms with Crippen molar-refractivity contribution in [3.05, 3.63) is 23.3 Å². The van der Waals surface area contributed by atoms with E-state index in [1.54, 1.807) is 0 Å². The van der Waals surface area contributed by atoms with Gasteiger partial charge in [-0.05, 0) is 29.3 Å². The Morgan fingerprint density at radius 1 is 1.92 bits per heavy atom. The summed E-state index contributed by atoms with van der Waals surface area (Å²) in [5.74, 6) is 0.533. The van der Waals surface area contributed by atoms with Gasteiger partial charge in [0, 0.05) is 6.20 Å². The molecule has 0 amide bonds. The van der Waals surface area contributed by atoms with Gasteiger partial charge in [0.25, 0.3) is 0 Å². The Kier molecular flexibility index (Phi) is 2.92.